The van der Waals surface area contributed by atoms with E-state index in [2.05, 4.69) is 18.8 Å². The molecule has 2 aromatic rings. The number of imidazole rings is 1. The van der Waals surface area contributed by atoms with Crippen molar-refractivity contribution in [2.45, 2.75) is 33.2 Å². The summed E-state index contributed by atoms with van der Waals surface area (Å²) in [6, 6.07) is 6.06. The SMILES string of the molecule is CCCOc1cccc2c1nc(N)n2C(C)COCC. The topological polar surface area (TPSA) is 62.3 Å². The van der Waals surface area contributed by atoms with E-state index in [0.29, 0.717) is 25.8 Å². The minimum atomic E-state index is 0.140. The van der Waals surface area contributed by atoms with Gasteiger partial charge in [-0.2, -0.15) is 0 Å². The molecule has 0 aliphatic heterocycles. The Morgan fingerprint density at radius 3 is 2.85 bits per heavy atom. The zero-order valence-electron chi connectivity index (χ0n) is 12.4. The zero-order chi connectivity index (χ0) is 14.5. The number of aromatic nitrogens is 2. The first-order valence-corrected chi connectivity index (χ1v) is 7.16. The molecule has 0 amide bonds. The van der Waals surface area contributed by atoms with Crippen molar-refractivity contribution in [3.05, 3.63) is 18.2 Å². The molecule has 1 unspecified atom stereocenters. The van der Waals surface area contributed by atoms with Crippen molar-refractivity contribution < 1.29 is 9.47 Å². The van der Waals surface area contributed by atoms with Crippen LogP contribution in [0.1, 0.15) is 33.2 Å². The van der Waals surface area contributed by atoms with Crippen LogP contribution in [-0.4, -0.2) is 29.4 Å². The first-order chi connectivity index (χ1) is 9.69. The molecule has 20 heavy (non-hydrogen) atoms. The number of benzene rings is 1. The zero-order valence-corrected chi connectivity index (χ0v) is 12.4. The van der Waals surface area contributed by atoms with Crippen LogP contribution in [0.3, 0.4) is 0 Å². The van der Waals surface area contributed by atoms with Gasteiger partial charge in [-0.25, -0.2) is 4.98 Å². The van der Waals surface area contributed by atoms with Crippen LogP contribution in [0.15, 0.2) is 18.2 Å². The molecule has 0 spiro atoms. The second-order valence-corrected chi connectivity index (χ2v) is 4.82. The van der Waals surface area contributed by atoms with Crippen molar-refractivity contribution in [2.24, 2.45) is 0 Å². The number of nitrogens with zero attached hydrogens (tertiary/aromatic N) is 2. The molecule has 2 rings (SSSR count). The van der Waals surface area contributed by atoms with Gasteiger partial charge in [0, 0.05) is 6.61 Å². The van der Waals surface area contributed by atoms with E-state index in [9.17, 15) is 0 Å². The molecule has 5 nitrogen and oxygen atoms in total. The van der Waals surface area contributed by atoms with Gasteiger partial charge in [-0.1, -0.05) is 13.0 Å². The van der Waals surface area contributed by atoms with Crippen molar-refractivity contribution in [3.8, 4) is 5.75 Å². The van der Waals surface area contributed by atoms with E-state index >= 15 is 0 Å². The number of hydrogen-bond acceptors (Lipinski definition) is 4. The van der Waals surface area contributed by atoms with Crippen LogP contribution in [0.2, 0.25) is 0 Å². The summed E-state index contributed by atoms with van der Waals surface area (Å²) in [5.41, 5.74) is 7.87. The summed E-state index contributed by atoms with van der Waals surface area (Å²) in [6.07, 6.45) is 0.966. The highest BCUT2D eigenvalue weighted by atomic mass is 16.5. The minimum Gasteiger partial charge on any atom is -0.491 e. The minimum absolute atomic E-state index is 0.140. The summed E-state index contributed by atoms with van der Waals surface area (Å²) >= 11 is 0. The van der Waals surface area contributed by atoms with E-state index in [1.165, 1.54) is 0 Å². The largest absolute Gasteiger partial charge is 0.491 e. The van der Waals surface area contributed by atoms with Gasteiger partial charge in [-0.3, -0.25) is 0 Å². The molecule has 0 bridgehead atoms. The Balaban J connectivity index is 2.38. The van der Waals surface area contributed by atoms with Crippen LogP contribution in [-0.2, 0) is 4.74 Å². The molecule has 1 aromatic heterocycles. The summed E-state index contributed by atoms with van der Waals surface area (Å²) in [5.74, 6) is 1.29. The van der Waals surface area contributed by atoms with E-state index < -0.39 is 0 Å². The van der Waals surface area contributed by atoms with Gasteiger partial charge in [0.05, 0.1) is 24.8 Å². The van der Waals surface area contributed by atoms with Gasteiger partial charge in [0.2, 0.25) is 5.95 Å². The molecule has 0 aliphatic carbocycles. The van der Waals surface area contributed by atoms with Crippen LogP contribution in [0.25, 0.3) is 11.0 Å². The maximum Gasteiger partial charge on any atom is 0.201 e. The van der Waals surface area contributed by atoms with Crippen molar-refractivity contribution >= 4 is 17.0 Å². The van der Waals surface area contributed by atoms with Gasteiger partial charge >= 0.3 is 0 Å². The fourth-order valence-electron chi connectivity index (χ4n) is 2.26. The maximum atomic E-state index is 6.06. The predicted molar refractivity (Wildman–Crippen MR) is 81.1 cm³/mol. The highest BCUT2D eigenvalue weighted by Gasteiger charge is 2.16. The van der Waals surface area contributed by atoms with Gasteiger partial charge in [-0.15, -0.1) is 0 Å². The number of para-hydroxylation sites is 1. The molecular formula is C15H23N3O2. The van der Waals surface area contributed by atoms with E-state index in [4.69, 9.17) is 15.2 Å². The summed E-state index contributed by atoms with van der Waals surface area (Å²) in [5, 5.41) is 0. The Morgan fingerprint density at radius 2 is 2.15 bits per heavy atom. The van der Waals surface area contributed by atoms with Crippen molar-refractivity contribution in [1.29, 1.82) is 0 Å². The first-order valence-electron chi connectivity index (χ1n) is 7.16. The van der Waals surface area contributed by atoms with Crippen molar-refractivity contribution in [3.63, 3.8) is 0 Å². The van der Waals surface area contributed by atoms with Gasteiger partial charge in [0.25, 0.3) is 0 Å². The third kappa shape index (κ3) is 2.88. The number of ether oxygens (including phenoxy) is 2. The van der Waals surface area contributed by atoms with E-state index in [0.717, 1.165) is 23.2 Å². The lowest BCUT2D eigenvalue weighted by Crippen LogP contribution is -2.14. The Morgan fingerprint density at radius 1 is 1.35 bits per heavy atom. The number of hydrogen-bond donors (Lipinski definition) is 1. The lowest BCUT2D eigenvalue weighted by molar-refractivity contribution is 0.120. The fourth-order valence-corrected chi connectivity index (χ4v) is 2.26. The average molecular weight is 277 g/mol. The molecular weight excluding hydrogens is 254 g/mol. The maximum absolute atomic E-state index is 6.06. The third-order valence-corrected chi connectivity index (χ3v) is 3.18. The lowest BCUT2D eigenvalue weighted by atomic mass is 10.2. The van der Waals surface area contributed by atoms with Crippen molar-refractivity contribution in [2.75, 3.05) is 25.6 Å². The molecule has 110 valence electrons. The molecule has 0 saturated heterocycles. The summed E-state index contributed by atoms with van der Waals surface area (Å²) in [6.45, 7) is 8.14. The van der Waals surface area contributed by atoms with E-state index in [1.807, 2.05) is 29.7 Å². The van der Waals surface area contributed by atoms with Gasteiger partial charge in [-0.05, 0) is 32.4 Å². The first kappa shape index (κ1) is 14.7. The summed E-state index contributed by atoms with van der Waals surface area (Å²) in [4.78, 5) is 4.46. The molecule has 1 heterocycles. The third-order valence-electron chi connectivity index (χ3n) is 3.18. The predicted octanol–water partition coefficient (Wildman–Crippen LogP) is 3.00. The van der Waals surface area contributed by atoms with Crippen molar-refractivity contribution in [1.82, 2.24) is 9.55 Å². The molecule has 2 N–H and O–H groups in total. The van der Waals surface area contributed by atoms with Crippen LogP contribution >= 0.6 is 0 Å². The number of nitrogen functional groups attached to an aromatic ring is 1. The fraction of sp³-hybridized carbons (Fsp3) is 0.533. The highest BCUT2D eigenvalue weighted by molar-refractivity contribution is 5.84. The smallest absolute Gasteiger partial charge is 0.201 e. The van der Waals surface area contributed by atoms with Gasteiger partial charge in [0.1, 0.15) is 11.3 Å². The molecule has 5 heteroatoms. The number of rotatable bonds is 7. The van der Waals surface area contributed by atoms with Gasteiger partial charge < -0.3 is 19.8 Å². The number of anilines is 1. The number of fused-ring (bicyclic) bond motifs is 1. The quantitative estimate of drug-likeness (QED) is 0.845. The van der Waals surface area contributed by atoms with Gasteiger partial charge in [0.15, 0.2) is 0 Å². The molecule has 0 saturated carbocycles. The highest BCUT2D eigenvalue weighted by Crippen LogP contribution is 2.29. The summed E-state index contributed by atoms with van der Waals surface area (Å²) < 4.78 is 13.2. The normalized spacial score (nSPS) is 12.8. The second-order valence-electron chi connectivity index (χ2n) is 4.82. The Bertz CT molecular complexity index is 565. The average Bonchev–Trinajstić information content (AvgIpc) is 2.79. The molecule has 0 aliphatic rings. The molecule has 0 radical (unpaired) electrons. The summed E-state index contributed by atoms with van der Waals surface area (Å²) in [7, 11) is 0. The Kier molecular flexibility index (Phi) is 4.84. The standard InChI is InChI=1S/C15H23N3O2/c1-4-9-20-13-8-6-7-12-14(13)17-15(16)18(12)11(3)10-19-5-2/h6-8,11H,4-5,9-10H2,1-3H3,(H2,16,17). The molecule has 1 aromatic carbocycles. The molecule has 1 atom stereocenters. The lowest BCUT2D eigenvalue weighted by Gasteiger charge is -2.15. The number of nitrogens with two attached hydrogens (primary N) is 1. The second kappa shape index (κ2) is 6.61. The van der Waals surface area contributed by atoms with Crippen LogP contribution in [0, 0.1) is 0 Å². The Labute approximate surface area is 119 Å². The van der Waals surface area contributed by atoms with E-state index in [1.54, 1.807) is 0 Å². The van der Waals surface area contributed by atoms with Crippen LogP contribution in [0.4, 0.5) is 5.95 Å². The molecule has 0 fully saturated rings. The van der Waals surface area contributed by atoms with E-state index in [-0.39, 0.29) is 6.04 Å². The monoisotopic (exact) mass is 277 g/mol. The van der Waals surface area contributed by atoms with Crippen LogP contribution < -0.4 is 10.5 Å². The van der Waals surface area contributed by atoms with Crippen LogP contribution in [0.5, 0.6) is 5.75 Å². The Hall–Kier alpha value is -1.75.